The third-order valence-corrected chi connectivity index (χ3v) is 4.03. The summed E-state index contributed by atoms with van der Waals surface area (Å²) in [5.41, 5.74) is 1.43. The molecule has 0 atom stereocenters. The molecule has 0 aliphatic heterocycles. The lowest BCUT2D eigenvalue weighted by Crippen LogP contribution is -2.04. The first kappa shape index (κ1) is 13.3. The van der Waals surface area contributed by atoms with Crippen LogP contribution in [0.15, 0.2) is 23.6 Å². The Bertz CT molecular complexity index is 583. The standard InChI is InChI=1S/C12H9Cl2NO2S/c1-17-10(16)5-7-6-18-12(15-7)8-3-2-4-9(13)11(8)14/h2-4,6H,5H2,1H3. The summed E-state index contributed by atoms with van der Waals surface area (Å²) in [5, 5.41) is 3.50. The van der Waals surface area contributed by atoms with Crippen molar-refractivity contribution >= 4 is 40.5 Å². The molecule has 1 aromatic carbocycles. The number of thiazole rings is 1. The molecule has 0 amide bonds. The molecular formula is C12H9Cl2NO2S. The van der Waals surface area contributed by atoms with Crippen LogP contribution >= 0.6 is 34.5 Å². The maximum Gasteiger partial charge on any atom is 0.311 e. The zero-order chi connectivity index (χ0) is 13.1. The van der Waals surface area contributed by atoms with Crippen molar-refractivity contribution in [3.63, 3.8) is 0 Å². The number of methoxy groups -OCH3 is 1. The Balaban J connectivity index is 2.29. The number of rotatable bonds is 3. The smallest absolute Gasteiger partial charge is 0.311 e. The number of hydrogen-bond acceptors (Lipinski definition) is 4. The first-order chi connectivity index (χ1) is 8.61. The van der Waals surface area contributed by atoms with Crippen molar-refractivity contribution in [2.45, 2.75) is 6.42 Å². The fourth-order valence-corrected chi connectivity index (χ4v) is 2.70. The van der Waals surface area contributed by atoms with Gasteiger partial charge in [-0.3, -0.25) is 4.79 Å². The van der Waals surface area contributed by atoms with E-state index in [-0.39, 0.29) is 12.4 Å². The monoisotopic (exact) mass is 301 g/mol. The molecule has 0 saturated heterocycles. The predicted octanol–water partition coefficient (Wildman–Crippen LogP) is 3.83. The number of benzene rings is 1. The van der Waals surface area contributed by atoms with Crippen molar-refractivity contribution in [1.82, 2.24) is 4.98 Å². The van der Waals surface area contributed by atoms with Gasteiger partial charge in [-0.15, -0.1) is 11.3 Å². The van der Waals surface area contributed by atoms with E-state index in [1.54, 1.807) is 6.07 Å². The van der Waals surface area contributed by atoms with Crippen LogP contribution in [0.1, 0.15) is 5.69 Å². The molecule has 2 aromatic rings. The van der Waals surface area contributed by atoms with Crippen LogP contribution in [-0.2, 0) is 16.0 Å². The van der Waals surface area contributed by atoms with Crippen LogP contribution in [0.3, 0.4) is 0 Å². The molecule has 0 N–H and O–H groups in total. The van der Waals surface area contributed by atoms with E-state index in [2.05, 4.69) is 9.72 Å². The molecular weight excluding hydrogens is 293 g/mol. The Hall–Kier alpha value is -1.10. The fraction of sp³-hybridized carbons (Fsp3) is 0.167. The Kier molecular flexibility index (Phi) is 4.22. The minimum Gasteiger partial charge on any atom is -0.469 e. The molecule has 1 aromatic heterocycles. The van der Waals surface area contributed by atoms with Crippen molar-refractivity contribution in [2.75, 3.05) is 7.11 Å². The second-order valence-corrected chi connectivity index (χ2v) is 5.14. The van der Waals surface area contributed by atoms with E-state index >= 15 is 0 Å². The summed E-state index contributed by atoms with van der Waals surface area (Å²) in [7, 11) is 1.35. The van der Waals surface area contributed by atoms with Crippen LogP contribution in [0.2, 0.25) is 10.0 Å². The van der Waals surface area contributed by atoms with Crippen molar-refractivity contribution < 1.29 is 9.53 Å². The second kappa shape index (κ2) is 5.69. The van der Waals surface area contributed by atoms with Gasteiger partial charge in [0.05, 0.1) is 29.3 Å². The summed E-state index contributed by atoms with van der Waals surface area (Å²) in [5.74, 6) is -0.316. The zero-order valence-electron chi connectivity index (χ0n) is 9.44. The predicted molar refractivity (Wildman–Crippen MR) is 73.3 cm³/mol. The lowest BCUT2D eigenvalue weighted by Gasteiger charge is -2.01. The van der Waals surface area contributed by atoms with Gasteiger partial charge in [-0.1, -0.05) is 35.3 Å². The van der Waals surface area contributed by atoms with Crippen LogP contribution in [0.5, 0.6) is 0 Å². The van der Waals surface area contributed by atoms with E-state index in [1.807, 2.05) is 17.5 Å². The van der Waals surface area contributed by atoms with E-state index in [0.717, 1.165) is 10.6 Å². The van der Waals surface area contributed by atoms with Crippen molar-refractivity contribution in [3.05, 3.63) is 39.3 Å². The van der Waals surface area contributed by atoms with E-state index in [0.29, 0.717) is 15.7 Å². The largest absolute Gasteiger partial charge is 0.469 e. The fourth-order valence-electron chi connectivity index (χ4n) is 1.40. The average Bonchev–Trinajstić information content (AvgIpc) is 2.80. The number of esters is 1. The summed E-state index contributed by atoms with van der Waals surface area (Å²) in [4.78, 5) is 15.5. The Morgan fingerprint density at radius 3 is 2.94 bits per heavy atom. The Morgan fingerprint density at radius 1 is 1.44 bits per heavy atom. The lowest BCUT2D eigenvalue weighted by molar-refractivity contribution is -0.139. The number of hydrogen-bond donors (Lipinski definition) is 0. The van der Waals surface area contributed by atoms with E-state index in [4.69, 9.17) is 23.2 Å². The van der Waals surface area contributed by atoms with Gasteiger partial charge in [0.15, 0.2) is 0 Å². The molecule has 0 bridgehead atoms. The molecule has 0 aliphatic carbocycles. The van der Waals surface area contributed by atoms with Gasteiger partial charge < -0.3 is 4.74 Å². The number of carbonyl (C=O) groups is 1. The van der Waals surface area contributed by atoms with E-state index < -0.39 is 0 Å². The Morgan fingerprint density at radius 2 is 2.22 bits per heavy atom. The van der Waals surface area contributed by atoms with Crippen molar-refractivity contribution in [1.29, 1.82) is 0 Å². The summed E-state index contributed by atoms with van der Waals surface area (Å²) >= 11 is 13.5. The van der Waals surface area contributed by atoms with E-state index in [9.17, 15) is 4.79 Å². The van der Waals surface area contributed by atoms with Crippen molar-refractivity contribution in [3.8, 4) is 10.6 Å². The highest BCUT2D eigenvalue weighted by Gasteiger charge is 2.12. The maximum atomic E-state index is 11.1. The summed E-state index contributed by atoms with van der Waals surface area (Å²) in [6, 6.07) is 5.37. The number of nitrogens with zero attached hydrogens (tertiary/aromatic N) is 1. The molecule has 0 unspecified atom stereocenters. The maximum absolute atomic E-state index is 11.1. The third-order valence-electron chi connectivity index (χ3n) is 2.29. The normalized spacial score (nSPS) is 10.4. The topological polar surface area (TPSA) is 39.2 Å². The Labute approximate surface area is 118 Å². The molecule has 0 fully saturated rings. The number of carbonyl (C=O) groups excluding carboxylic acids is 1. The van der Waals surface area contributed by atoms with Gasteiger partial charge in [-0.2, -0.15) is 0 Å². The van der Waals surface area contributed by atoms with Crippen LogP contribution in [0.4, 0.5) is 0 Å². The highest BCUT2D eigenvalue weighted by Crippen LogP contribution is 2.34. The minimum absolute atomic E-state index is 0.158. The van der Waals surface area contributed by atoms with Crippen LogP contribution in [0.25, 0.3) is 10.6 Å². The van der Waals surface area contributed by atoms with Gasteiger partial charge in [0.1, 0.15) is 5.01 Å². The highest BCUT2D eigenvalue weighted by atomic mass is 35.5. The lowest BCUT2D eigenvalue weighted by atomic mass is 10.2. The van der Waals surface area contributed by atoms with Gasteiger partial charge >= 0.3 is 5.97 Å². The number of ether oxygens (including phenoxy) is 1. The molecule has 6 heteroatoms. The molecule has 0 aliphatic rings. The summed E-state index contributed by atoms with van der Waals surface area (Å²) in [6.45, 7) is 0. The zero-order valence-corrected chi connectivity index (χ0v) is 11.8. The molecule has 1 heterocycles. The molecule has 18 heavy (non-hydrogen) atoms. The van der Waals surface area contributed by atoms with Gasteiger partial charge in [0.25, 0.3) is 0 Å². The third kappa shape index (κ3) is 2.83. The molecule has 94 valence electrons. The van der Waals surface area contributed by atoms with Crippen LogP contribution in [0, 0.1) is 0 Å². The first-order valence-electron chi connectivity index (χ1n) is 5.07. The van der Waals surface area contributed by atoms with Gasteiger partial charge in [0, 0.05) is 10.9 Å². The molecule has 3 nitrogen and oxygen atoms in total. The molecule has 0 saturated carbocycles. The molecule has 0 radical (unpaired) electrons. The van der Waals surface area contributed by atoms with Crippen LogP contribution in [-0.4, -0.2) is 18.1 Å². The second-order valence-electron chi connectivity index (χ2n) is 3.50. The average molecular weight is 302 g/mol. The SMILES string of the molecule is COC(=O)Cc1csc(-c2cccc(Cl)c2Cl)n1. The highest BCUT2D eigenvalue weighted by molar-refractivity contribution is 7.13. The minimum atomic E-state index is -0.316. The van der Waals surface area contributed by atoms with E-state index in [1.165, 1.54) is 18.4 Å². The summed E-state index contributed by atoms with van der Waals surface area (Å²) in [6.07, 6.45) is 0.158. The van der Waals surface area contributed by atoms with Gasteiger partial charge in [0.2, 0.25) is 0 Å². The number of aromatic nitrogens is 1. The quantitative estimate of drug-likeness (QED) is 0.809. The number of halogens is 2. The van der Waals surface area contributed by atoms with Gasteiger partial charge in [-0.05, 0) is 6.07 Å². The summed E-state index contributed by atoms with van der Waals surface area (Å²) < 4.78 is 4.59. The van der Waals surface area contributed by atoms with Crippen molar-refractivity contribution in [2.24, 2.45) is 0 Å². The molecule has 2 rings (SSSR count). The van der Waals surface area contributed by atoms with Crippen LogP contribution < -0.4 is 0 Å². The first-order valence-corrected chi connectivity index (χ1v) is 6.71. The molecule has 0 spiro atoms. The van der Waals surface area contributed by atoms with Gasteiger partial charge in [-0.25, -0.2) is 4.98 Å².